The summed E-state index contributed by atoms with van der Waals surface area (Å²) in [7, 11) is 0. The molecule has 3 heterocycles. The van der Waals surface area contributed by atoms with Crippen molar-refractivity contribution >= 4 is 29.0 Å². The van der Waals surface area contributed by atoms with Crippen molar-refractivity contribution in [2.45, 2.75) is 70.8 Å². The Morgan fingerprint density at radius 1 is 1.25 bits per heavy atom. The van der Waals surface area contributed by atoms with Crippen molar-refractivity contribution in [3.8, 4) is 0 Å². The fourth-order valence-corrected chi connectivity index (χ4v) is 9.50. The lowest BCUT2D eigenvalue weighted by Crippen LogP contribution is -2.54. The molecule has 7 heteroatoms. The maximum atomic E-state index is 13.2. The number of hydrogen-bond acceptors (Lipinski definition) is 6. The quantitative estimate of drug-likeness (QED) is 0.692. The molecule has 0 aromatic carbocycles. The van der Waals surface area contributed by atoms with Crippen LogP contribution in [0.2, 0.25) is 0 Å². The van der Waals surface area contributed by atoms with Crippen LogP contribution in [0.4, 0.5) is 0 Å². The van der Waals surface area contributed by atoms with Gasteiger partial charge in [0.2, 0.25) is 5.91 Å². The number of thiazole rings is 1. The van der Waals surface area contributed by atoms with Crippen molar-refractivity contribution < 1.29 is 9.90 Å². The van der Waals surface area contributed by atoms with E-state index in [2.05, 4.69) is 26.1 Å². The van der Waals surface area contributed by atoms with E-state index >= 15 is 0 Å². The van der Waals surface area contributed by atoms with Crippen molar-refractivity contribution in [3.63, 3.8) is 0 Å². The van der Waals surface area contributed by atoms with Crippen molar-refractivity contribution in [3.05, 3.63) is 15.6 Å². The zero-order valence-electron chi connectivity index (χ0n) is 19.8. The van der Waals surface area contributed by atoms with E-state index in [0.717, 1.165) is 56.9 Å². The summed E-state index contributed by atoms with van der Waals surface area (Å²) in [5, 5.41) is 16.5. The fraction of sp³-hybridized carbons (Fsp3) is 0.840. The molecule has 0 radical (unpaired) electrons. The molecule has 1 aromatic heterocycles. The number of thioether (sulfide) groups is 1. The molecule has 2 N–H and O–H groups in total. The van der Waals surface area contributed by atoms with Gasteiger partial charge >= 0.3 is 0 Å². The van der Waals surface area contributed by atoms with Gasteiger partial charge in [0.25, 0.3) is 0 Å². The number of piperidine rings is 1. The lowest BCUT2D eigenvalue weighted by molar-refractivity contribution is -0.144. The smallest absolute Gasteiger partial charge is 0.225 e. The summed E-state index contributed by atoms with van der Waals surface area (Å²) < 4.78 is 0. The number of fused-ring (bicyclic) bond motifs is 2. The monoisotopic (exact) mass is 477 g/mol. The van der Waals surface area contributed by atoms with Gasteiger partial charge in [0, 0.05) is 47.2 Å². The molecular weight excluding hydrogens is 438 g/mol. The molecule has 5 nitrogen and oxygen atoms in total. The van der Waals surface area contributed by atoms with E-state index in [1.807, 2.05) is 28.0 Å². The Morgan fingerprint density at radius 3 is 2.69 bits per heavy atom. The number of carbonyl (C=O) groups is 1. The first-order valence-electron chi connectivity index (χ1n) is 12.6. The van der Waals surface area contributed by atoms with Crippen LogP contribution in [0, 0.1) is 23.2 Å². The maximum Gasteiger partial charge on any atom is 0.225 e. The molecule has 3 fully saturated rings. The van der Waals surface area contributed by atoms with Crippen molar-refractivity contribution in [2.75, 3.05) is 37.7 Å². The van der Waals surface area contributed by atoms with Gasteiger partial charge in [-0.15, -0.1) is 11.3 Å². The zero-order valence-corrected chi connectivity index (χ0v) is 21.4. The second-order valence-corrected chi connectivity index (χ2v) is 13.3. The summed E-state index contributed by atoms with van der Waals surface area (Å²) in [5.41, 5.74) is 1.35. The van der Waals surface area contributed by atoms with Gasteiger partial charge in [-0.25, -0.2) is 4.98 Å². The summed E-state index contributed by atoms with van der Waals surface area (Å²) >= 11 is 3.88. The third-order valence-electron chi connectivity index (χ3n) is 8.98. The Kier molecular flexibility index (Phi) is 6.65. The van der Waals surface area contributed by atoms with Crippen LogP contribution in [0.5, 0.6) is 0 Å². The fourth-order valence-electron chi connectivity index (χ4n) is 7.06. The van der Waals surface area contributed by atoms with Crippen LogP contribution in [-0.4, -0.2) is 64.7 Å². The number of nitrogens with zero attached hydrogens (tertiary/aromatic N) is 2. The third-order valence-corrected chi connectivity index (χ3v) is 11.2. The molecule has 32 heavy (non-hydrogen) atoms. The van der Waals surface area contributed by atoms with Gasteiger partial charge in [0.15, 0.2) is 0 Å². The second-order valence-electron chi connectivity index (χ2n) is 10.9. The molecule has 2 saturated heterocycles. The van der Waals surface area contributed by atoms with Gasteiger partial charge < -0.3 is 15.3 Å². The lowest BCUT2D eigenvalue weighted by atomic mass is 9.53. The Balaban J connectivity index is 1.36. The molecule has 6 atom stereocenters. The van der Waals surface area contributed by atoms with Gasteiger partial charge in [-0.1, -0.05) is 20.8 Å². The van der Waals surface area contributed by atoms with Crippen LogP contribution in [0.15, 0.2) is 0 Å². The Labute approximate surface area is 201 Å². The maximum absolute atomic E-state index is 13.2. The van der Waals surface area contributed by atoms with E-state index in [1.165, 1.54) is 28.4 Å². The SMILES string of the molecule is C[C@H](C(=O)N1CCSCC1)[C@@H]1CC[C@]2(C)Cc3sc(C4CCNCC4)nc3[C@H](C)[C@@H]2[C@H]1O. The van der Waals surface area contributed by atoms with E-state index < -0.39 is 6.10 Å². The predicted octanol–water partition coefficient (Wildman–Crippen LogP) is 3.87. The highest BCUT2D eigenvalue weighted by Gasteiger charge is 2.54. The second kappa shape index (κ2) is 9.20. The molecule has 1 amide bonds. The standard InChI is InChI=1S/C25H39N3O2S2/c1-15(24(30)28-10-12-31-13-11-28)18-4-7-25(3)14-19-21(16(2)20(25)22(18)29)27-23(32-19)17-5-8-26-9-6-17/h15-18,20,22,26,29H,4-14H2,1-3H3/t15-,16+,18-,20+,22-,25+/m0/s1. The van der Waals surface area contributed by atoms with Crippen molar-refractivity contribution in [2.24, 2.45) is 23.2 Å². The first kappa shape index (κ1) is 23.1. The van der Waals surface area contributed by atoms with Crippen LogP contribution in [-0.2, 0) is 11.2 Å². The molecule has 2 aliphatic carbocycles. The molecule has 178 valence electrons. The minimum absolute atomic E-state index is 0.0571. The first-order chi connectivity index (χ1) is 15.4. The number of amides is 1. The summed E-state index contributed by atoms with van der Waals surface area (Å²) in [6.45, 7) is 10.6. The topological polar surface area (TPSA) is 65.5 Å². The van der Waals surface area contributed by atoms with Gasteiger partial charge in [0.05, 0.1) is 16.8 Å². The van der Waals surface area contributed by atoms with Crippen molar-refractivity contribution in [1.29, 1.82) is 0 Å². The van der Waals surface area contributed by atoms with E-state index in [0.29, 0.717) is 5.92 Å². The lowest BCUT2D eigenvalue weighted by Gasteiger charge is -2.53. The van der Waals surface area contributed by atoms with E-state index in [9.17, 15) is 9.90 Å². The normalized spacial score (nSPS) is 36.9. The van der Waals surface area contributed by atoms with Crippen molar-refractivity contribution in [1.82, 2.24) is 15.2 Å². The summed E-state index contributed by atoms with van der Waals surface area (Å²) in [6, 6.07) is 0. The van der Waals surface area contributed by atoms with Gasteiger partial charge in [-0.05, 0) is 62.4 Å². The van der Waals surface area contributed by atoms with E-state index in [1.54, 1.807) is 0 Å². The number of aliphatic hydroxyl groups excluding tert-OH is 1. The molecule has 5 rings (SSSR count). The highest BCUT2D eigenvalue weighted by Crippen LogP contribution is 2.57. The number of nitrogens with one attached hydrogen (secondary N) is 1. The average molecular weight is 478 g/mol. The van der Waals surface area contributed by atoms with Crippen LogP contribution in [0.25, 0.3) is 0 Å². The Bertz CT molecular complexity index is 833. The Morgan fingerprint density at radius 2 is 1.97 bits per heavy atom. The number of carbonyl (C=O) groups excluding carboxylic acids is 1. The third kappa shape index (κ3) is 4.05. The minimum Gasteiger partial charge on any atom is -0.392 e. The molecule has 1 aromatic rings. The van der Waals surface area contributed by atoms with Crippen LogP contribution >= 0.6 is 23.1 Å². The first-order valence-corrected chi connectivity index (χ1v) is 14.6. The summed E-state index contributed by atoms with van der Waals surface area (Å²) in [4.78, 5) is 21.9. The molecule has 2 aliphatic heterocycles. The highest BCUT2D eigenvalue weighted by molar-refractivity contribution is 7.99. The minimum atomic E-state index is -0.431. The van der Waals surface area contributed by atoms with E-state index in [-0.39, 0.29) is 35.0 Å². The predicted molar refractivity (Wildman–Crippen MR) is 132 cm³/mol. The van der Waals surface area contributed by atoms with E-state index in [4.69, 9.17) is 4.98 Å². The number of hydrogen-bond donors (Lipinski definition) is 2. The zero-order chi connectivity index (χ0) is 22.5. The summed E-state index contributed by atoms with van der Waals surface area (Å²) in [6.07, 6.45) is 5.01. The number of aliphatic hydroxyl groups is 1. The molecule has 0 bridgehead atoms. The number of aromatic nitrogens is 1. The van der Waals surface area contributed by atoms with Gasteiger partial charge in [-0.2, -0.15) is 11.8 Å². The Hall–Kier alpha value is -0.630. The molecule has 4 aliphatic rings. The average Bonchev–Trinajstić information content (AvgIpc) is 3.23. The molecule has 0 unspecified atom stereocenters. The highest BCUT2D eigenvalue weighted by atomic mass is 32.2. The van der Waals surface area contributed by atoms with Crippen LogP contribution in [0.1, 0.15) is 73.9 Å². The molecule has 1 saturated carbocycles. The van der Waals surface area contributed by atoms with Gasteiger partial charge in [0.1, 0.15) is 0 Å². The molecular formula is C25H39N3O2S2. The molecule has 0 spiro atoms. The number of rotatable bonds is 3. The van der Waals surface area contributed by atoms with Gasteiger partial charge in [-0.3, -0.25) is 4.79 Å². The largest absolute Gasteiger partial charge is 0.392 e. The van der Waals surface area contributed by atoms with Crippen LogP contribution < -0.4 is 5.32 Å². The summed E-state index contributed by atoms with van der Waals surface area (Å²) in [5.74, 6) is 3.31. The van der Waals surface area contributed by atoms with Crippen LogP contribution in [0.3, 0.4) is 0 Å².